The maximum absolute atomic E-state index is 11.7. The van der Waals surface area contributed by atoms with Crippen molar-refractivity contribution in [1.29, 1.82) is 5.26 Å². The minimum atomic E-state index is -0.436. The van der Waals surface area contributed by atoms with E-state index < -0.39 is 11.2 Å². The van der Waals surface area contributed by atoms with Gasteiger partial charge < -0.3 is 15.2 Å². The molecule has 2 N–H and O–H groups in total. The van der Waals surface area contributed by atoms with Crippen LogP contribution in [-0.4, -0.2) is 29.0 Å². The minimum absolute atomic E-state index is 0.0591. The average Bonchev–Trinajstić information content (AvgIpc) is 2.65. The van der Waals surface area contributed by atoms with Gasteiger partial charge in [0.1, 0.15) is 11.2 Å². The fourth-order valence-corrected chi connectivity index (χ4v) is 4.57. The third kappa shape index (κ3) is 13.3. The first-order valence-corrected chi connectivity index (χ1v) is 12.3. The molecule has 0 unspecified atom stereocenters. The standard InChI is InChI=1S/C13H23NO3.C13H21NO2/c1-13(2,3)17-11(15)8-9-5-4-6-10(7-9)12(14)16;1-13(2,3)16-12(15)8-10-5-4-6-11(7-10)9-14/h9-10H,4-8H2,1-3H3,(H2,14,16);10-11H,4-8H2,1-3H3/t9-,10+;10-,11+/m11/s1. The molecular weight excluding hydrogens is 420 g/mol. The maximum atomic E-state index is 11.7. The van der Waals surface area contributed by atoms with Gasteiger partial charge in [-0.15, -0.1) is 0 Å². The van der Waals surface area contributed by atoms with E-state index in [1.165, 1.54) is 0 Å². The van der Waals surface area contributed by atoms with Crippen molar-refractivity contribution >= 4 is 17.8 Å². The van der Waals surface area contributed by atoms with Gasteiger partial charge in [0.15, 0.2) is 0 Å². The molecular formula is C26H44N2O5. The number of hydrogen-bond donors (Lipinski definition) is 1. The van der Waals surface area contributed by atoms with Crippen LogP contribution in [0.15, 0.2) is 0 Å². The van der Waals surface area contributed by atoms with Crippen LogP contribution in [0.25, 0.3) is 0 Å². The van der Waals surface area contributed by atoms with E-state index >= 15 is 0 Å². The second kappa shape index (κ2) is 13.0. The number of ether oxygens (including phenoxy) is 2. The van der Waals surface area contributed by atoms with Gasteiger partial charge in [0.05, 0.1) is 6.07 Å². The Balaban J connectivity index is 0.000000331. The molecule has 0 heterocycles. The van der Waals surface area contributed by atoms with Gasteiger partial charge >= 0.3 is 11.9 Å². The molecule has 33 heavy (non-hydrogen) atoms. The molecule has 7 nitrogen and oxygen atoms in total. The molecule has 2 rings (SSSR count). The number of nitriles is 1. The lowest BCUT2D eigenvalue weighted by atomic mass is 9.79. The maximum Gasteiger partial charge on any atom is 0.306 e. The van der Waals surface area contributed by atoms with Crippen molar-refractivity contribution in [2.45, 2.75) is 117 Å². The number of carbonyl (C=O) groups excluding carboxylic acids is 3. The molecule has 0 aromatic carbocycles. The zero-order valence-electron chi connectivity index (χ0n) is 21.4. The zero-order chi connectivity index (χ0) is 25.2. The summed E-state index contributed by atoms with van der Waals surface area (Å²) in [5.41, 5.74) is 4.47. The second-order valence-corrected chi connectivity index (χ2v) is 11.6. The van der Waals surface area contributed by atoms with E-state index in [2.05, 4.69) is 6.07 Å². The Morgan fingerprint density at radius 3 is 1.70 bits per heavy atom. The van der Waals surface area contributed by atoms with E-state index in [4.69, 9.17) is 20.5 Å². The summed E-state index contributed by atoms with van der Waals surface area (Å²) in [5, 5.41) is 8.86. The molecule has 2 aliphatic rings. The molecule has 7 heteroatoms. The molecule has 2 aliphatic carbocycles. The summed E-state index contributed by atoms with van der Waals surface area (Å²) in [7, 11) is 0. The Morgan fingerprint density at radius 2 is 1.27 bits per heavy atom. The van der Waals surface area contributed by atoms with Crippen molar-refractivity contribution in [1.82, 2.24) is 0 Å². The largest absolute Gasteiger partial charge is 0.460 e. The lowest BCUT2D eigenvalue weighted by molar-refractivity contribution is -0.157. The molecule has 0 bridgehead atoms. The monoisotopic (exact) mass is 464 g/mol. The normalized spacial score (nSPS) is 25.6. The molecule has 0 aromatic heterocycles. The van der Waals surface area contributed by atoms with Crippen molar-refractivity contribution in [3.05, 3.63) is 0 Å². The van der Waals surface area contributed by atoms with Crippen molar-refractivity contribution in [3.63, 3.8) is 0 Å². The number of hydrogen-bond acceptors (Lipinski definition) is 6. The molecule has 0 radical (unpaired) electrons. The highest BCUT2D eigenvalue weighted by Gasteiger charge is 2.29. The van der Waals surface area contributed by atoms with Crippen LogP contribution in [0.4, 0.5) is 0 Å². The lowest BCUT2D eigenvalue weighted by Crippen LogP contribution is -2.31. The predicted molar refractivity (Wildman–Crippen MR) is 127 cm³/mol. The van der Waals surface area contributed by atoms with Crippen LogP contribution < -0.4 is 5.73 Å². The molecule has 4 atom stereocenters. The Morgan fingerprint density at radius 1 is 0.818 bits per heavy atom. The lowest BCUT2D eigenvalue weighted by Gasteiger charge is -2.27. The fraction of sp³-hybridized carbons (Fsp3) is 0.846. The van der Waals surface area contributed by atoms with Gasteiger partial charge in [-0.05, 0) is 91.9 Å². The summed E-state index contributed by atoms with van der Waals surface area (Å²) in [6.45, 7) is 11.2. The van der Waals surface area contributed by atoms with Crippen molar-refractivity contribution in [3.8, 4) is 6.07 Å². The van der Waals surface area contributed by atoms with Gasteiger partial charge in [0.25, 0.3) is 0 Å². The van der Waals surface area contributed by atoms with E-state index in [9.17, 15) is 14.4 Å². The fourth-order valence-electron chi connectivity index (χ4n) is 4.57. The van der Waals surface area contributed by atoms with Crippen molar-refractivity contribution in [2.75, 3.05) is 0 Å². The summed E-state index contributed by atoms with van der Waals surface area (Å²) in [6, 6.07) is 2.30. The SMILES string of the molecule is CC(C)(C)OC(=O)C[C@@H]1CCC[C@H](C#N)C1.CC(C)(C)OC(=O)C[C@@H]1CCC[C@H](C(N)=O)C1. The summed E-state index contributed by atoms with van der Waals surface area (Å²) >= 11 is 0. The highest BCUT2D eigenvalue weighted by molar-refractivity contribution is 5.77. The number of rotatable bonds is 5. The molecule has 0 aliphatic heterocycles. The number of primary amides is 1. The zero-order valence-corrected chi connectivity index (χ0v) is 21.4. The van der Waals surface area contributed by atoms with E-state index in [1.807, 2.05) is 41.5 Å². The topological polar surface area (TPSA) is 119 Å². The average molecular weight is 465 g/mol. The molecule has 2 fully saturated rings. The van der Waals surface area contributed by atoms with Gasteiger partial charge in [-0.25, -0.2) is 0 Å². The quantitative estimate of drug-likeness (QED) is 0.568. The van der Waals surface area contributed by atoms with Crippen LogP contribution in [0.3, 0.4) is 0 Å². The van der Waals surface area contributed by atoms with Crippen LogP contribution in [-0.2, 0) is 23.9 Å². The first kappa shape index (κ1) is 28.9. The number of amides is 1. The Labute approximate surface area is 199 Å². The number of esters is 2. The number of nitrogens with zero attached hydrogens (tertiary/aromatic N) is 1. The summed E-state index contributed by atoms with van der Waals surface area (Å²) < 4.78 is 10.6. The Bertz CT molecular complexity index is 699. The summed E-state index contributed by atoms with van der Waals surface area (Å²) in [6.07, 6.45) is 8.38. The predicted octanol–water partition coefficient (Wildman–Crippen LogP) is 5.06. The van der Waals surface area contributed by atoms with Crippen molar-refractivity contribution < 1.29 is 23.9 Å². The second-order valence-electron chi connectivity index (χ2n) is 11.6. The first-order chi connectivity index (χ1) is 15.2. The van der Waals surface area contributed by atoms with Gasteiger partial charge in [0, 0.05) is 24.7 Å². The van der Waals surface area contributed by atoms with E-state index in [1.54, 1.807) is 0 Å². The minimum Gasteiger partial charge on any atom is -0.460 e. The van der Waals surface area contributed by atoms with Gasteiger partial charge in [-0.1, -0.05) is 12.8 Å². The van der Waals surface area contributed by atoms with Crippen LogP contribution in [0.5, 0.6) is 0 Å². The van der Waals surface area contributed by atoms with Crippen LogP contribution in [0, 0.1) is 35.0 Å². The smallest absolute Gasteiger partial charge is 0.306 e. The summed E-state index contributed by atoms with van der Waals surface area (Å²) in [5.74, 6) is 0.129. The van der Waals surface area contributed by atoms with Crippen LogP contribution in [0.2, 0.25) is 0 Å². The van der Waals surface area contributed by atoms with Crippen molar-refractivity contribution in [2.24, 2.45) is 29.4 Å². The van der Waals surface area contributed by atoms with Gasteiger partial charge in [-0.2, -0.15) is 5.26 Å². The highest BCUT2D eigenvalue weighted by Crippen LogP contribution is 2.32. The Hall–Kier alpha value is -2.10. The third-order valence-corrected chi connectivity index (χ3v) is 5.90. The number of nitrogens with two attached hydrogens (primary N) is 1. The molecule has 188 valence electrons. The molecule has 0 spiro atoms. The van der Waals surface area contributed by atoms with Gasteiger partial charge in [-0.3, -0.25) is 14.4 Å². The first-order valence-electron chi connectivity index (χ1n) is 12.3. The molecule has 2 saturated carbocycles. The van der Waals surface area contributed by atoms with E-state index in [-0.39, 0.29) is 35.6 Å². The van der Waals surface area contributed by atoms with E-state index in [0.29, 0.717) is 18.8 Å². The molecule has 0 saturated heterocycles. The molecule has 0 aromatic rings. The van der Waals surface area contributed by atoms with Gasteiger partial charge in [0.2, 0.25) is 5.91 Å². The highest BCUT2D eigenvalue weighted by atomic mass is 16.6. The number of carbonyl (C=O) groups is 3. The van der Waals surface area contributed by atoms with Crippen LogP contribution in [0.1, 0.15) is 106 Å². The molecule has 1 amide bonds. The van der Waals surface area contributed by atoms with E-state index in [0.717, 1.165) is 51.4 Å². The Kier molecular flexibility index (Phi) is 11.4. The third-order valence-electron chi connectivity index (χ3n) is 5.90. The summed E-state index contributed by atoms with van der Waals surface area (Å²) in [4.78, 5) is 34.4. The van der Waals surface area contributed by atoms with Crippen LogP contribution >= 0.6 is 0 Å².